The average Bonchev–Trinajstić information content (AvgIpc) is 2.62. The SMILES string of the molecule is CC(=O)[C@H]1CCc2c(O)c3c(c(O)c2C1)C(=O)c1cccc(F)c1C3=O. The van der Waals surface area contributed by atoms with E-state index in [-0.39, 0.29) is 41.2 Å². The molecule has 0 aromatic heterocycles. The van der Waals surface area contributed by atoms with Gasteiger partial charge in [-0.05, 0) is 32.3 Å². The summed E-state index contributed by atoms with van der Waals surface area (Å²) in [6, 6.07) is 3.70. The Morgan fingerprint density at radius 1 is 1.04 bits per heavy atom. The summed E-state index contributed by atoms with van der Waals surface area (Å²) in [7, 11) is 0. The minimum atomic E-state index is -0.847. The van der Waals surface area contributed by atoms with Gasteiger partial charge < -0.3 is 10.2 Å². The van der Waals surface area contributed by atoms with Gasteiger partial charge in [0, 0.05) is 22.6 Å². The molecule has 0 spiro atoms. The van der Waals surface area contributed by atoms with Gasteiger partial charge in [0.1, 0.15) is 23.1 Å². The van der Waals surface area contributed by atoms with Gasteiger partial charge in [-0.1, -0.05) is 12.1 Å². The lowest BCUT2D eigenvalue weighted by Crippen LogP contribution is -2.26. The molecule has 26 heavy (non-hydrogen) atoms. The number of carbonyl (C=O) groups is 3. The van der Waals surface area contributed by atoms with Crippen LogP contribution in [0.25, 0.3) is 0 Å². The molecule has 0 bridgehead atoms. The molecule has 2 aromatic carbocycles. The van der Waals surface area contributed by atoms with Gasteiger partial charge in [-0.25, -0.2) is 4.39 Å². The van der Waals surface area contributed by atoms with Crippen molar-refractivity contribution in [3.8, 4) is 11.5 Å². The molecule has 0 heterocycles. The van der Waals surface area contributed by atoms with Crippen molar-refractivity contribution in [3.63, 3.8) is 0 Å². The van der Waals surface area contributed by atoms with Crippen molar-refractivity contribution in [2.24, 2.45) is 5.92 Å². The van der Waals surface area contributed by atoms with Crippen molar-refractivity contribution < 1.29 is 29.0 Å². The smallest absolute Gasteiger partial charge is 0.201 e. The first-order chi connectivity index (χ1) is 12.3. The van der Waals surface area contributed by atoms with Crippen molar-refractivity contribution in [3.05, 3.63) is 57.4 Å². The van der Waals surface area contributed by atoms with Gasteiger partial charge in [0.05, 0.1) is 16.7 Å². The molecule has 2 aliphatic rings. The third-order valence-corrected chi connectivity index (χ3v) is 5.37. The zero-order valence-corrected chi connectivity index (χ0v) is 13.9. The number of rotatable bonds is 1. The minimum absolute atomic E-state index is 0.0397. The third kappa shape index (κ3) is 2.05. The number of hydrogen-bond acceptors (Lipinski definition) is 5. The van der Waals surface area contributed by atoms with Gasteiger partial charge in [-0.2, -0.15) is 0 Å². The number of Topliss-reactive ketones (excluding diaryl/α,β-unsaturated/α-hetero) is 1. The quantitative estimate of drug-likeness (QED) is 0.656. The maximum absolute atomic E-state index is 14.1. The fraction of sp³-hybridized carbons (Fsp3) is 0.250. The molecule has 5 nitrogen and oxygen atoms in total. The van der Waals surface area contributed by atoms with Gasteiger partial charge in [0.2, 0.25) is 5.78 Å². The number of fused-ring (bicyclic) bond motifs is 3. The molecule has 2 aromatic rings. The van der Waals surface area contributed by atoms with Gasteiger partial charge in [-0.15, -0.1) is 0 Å². The van der Waals surface area contributed by atoms with Crippen LogP contribution in [-0.4, -0.2) is 27.6 Å². The standard InChI is InChI=1S/C20H15FO5/c1-8(22)9-5-6-10-12(7-9)19(25)15-16(17(10)23)20(26)14-11(18(15)24)3-2-4-13(14)21/h2-4,9,23,25H,5-7H2,1H3/t9-/m0/s1. The van der Waals surface area contributed by atoms with Crippen molar-refractivity contribution in [2.75, 3.05) is 0 Å². The molecule has 0 radical (unpaired) electrons. The van der Waals surface area contributed by atoms with Crippen molar-refractivity contribution in [1.29, 1.82) is 0 Å². The summed E-state index contributed by atoms with van der Waals surface area (Å²) < 4.78 is 14.1. The highest BCUT2D eigenvalue weighted by atomic mass is 19.1. The molecule has 0 saturated carbocycles. The van der Waals surface area contributed by atoms with Crippen LogP contribution in [0.15, 0.2) is 18.2 Å². The van der Waals surface area contributed by atoms with Crippen LogP contribution in [0.2, 0.25) is 0 Å². The highest BCUT2D eigenvalue weighted by molar-refractivity contribution is 6.30. The lowest BCUT2D eigenvalue weighted by atomic mass is 9.75. The Bertz CT molecular complexity index is 1020. The van der Waals surface area contributed by atoms with E-state index in [0.29, 0.717) is 17.5 Å². The molecule has 0 aliphatic heterocycles. The second-order valence-electron chi connectivity index (χ2n) is 6.78. The molecule has 132 valence electrons. The third-order valence-electron chi connectivity index (χ3n) is 5.37. The summed E-state index contributed by atoms with van der Waals surface area (Å²) in [4.78, 5) is 37.3. The topological polar surface area (TPSA) is 91.7 Å². The predicted molar refractivity (Wildman–Crippen MR) is 89.2 cm³/mol. The zero-order chi connectivity index (χ0) is 18.7. The molecule has 0 unspecified atom stereocenters. The van der Waals surface area contributed by atoms with Crippen LogP contribution in [0.4, 0.5) is 4.39 Å². The number of hydrogen-bond donors (Lipinski definition) is 2. The van der Waals surface area contributed by atoms with E-state index in [4.69, 9.17) is 0 Å². The molecule has 2 aliphatic carbocycles. The lowest BCUT2D eigenvalue weighted by molar-refractivity contribution is -0.121. The molecule has 0 saturated heterocycles. The number of carbonyl (C=O) groups excluding carboxylic acids is 3. The van der Waals surface area contributed by atoms with Crippen LogP contribution in [0, 0.1) is 11.7 Å². The first-order valence-electron chi connectivity index (χ1n) is 8.30. The average molecular weight is 354 g/mol. The summed E-state index contributed by atoms with van der Waals surface area (Å²) in [5.41, 5.74) is -0.541. The van der Waals surface area contributed by atoms with Gasteiger partial charge in [0.15, 0.2) is 5.78 Å². The molecule has 1 atom stereocenters. The molecule has 2 N–H and O–H groups in total. The summed E-state index contributed by atoms with van der Waals surface area (Å²) >= 11 is 0. The van der Waals surface area contributed by atoms with E-state index >= 15 is 0 Å². The van der Waals surface area contributed by atoms with Crippen LogP contribution >= 0.6 is 0 Å². The lowest BCUT2D eigenvalue weighted by Gasteiger charge is -2.28. The summed E-state index contributed by atoms with van der Waals surface area (Å²) in [6.07, 6.45) is 0.952. The van der Waals surface area contributed by atoms with E-state index in [1.165, 1.54) is 19.1 Å². The second-order valence-corrected chi connectivity index (χ2v) is 6.78. The Labute approximate surface area is 148 Å². The zero-order valence-electron chi connectivity index (χ0n) is 13.9. The summed E-state index contributed by atoms with van der Waals surface area (Å²) in [5.74, 6) is -3.53. The van der Waals surface area contributed by atoms with Gasteiger partial charge >= 0.3 is 0 Å². The van der Waals surface area contributed by atoms with Crippen molar-refractivity contribution >= 4 is 17.3 Å². The van der Waals surface area contributed by atoms with E-state index in [1.807, 2.05) is 0 Å². The van der Waals surface area contributed by atoms with Gasteiger partial charge in [0.25, 0.3) is 0 Å². The highest BCUT2D eigenvalue weighted by Crippen LogP contribution is 2.46. The van der Waals surface area contributed by atoms with Crippen LogP contribution < -0.4 is 0 Å². The van der Waals surface area contributed by atoms with E-state index < -0.39 is 34.4 Å². The van der Waals surface area contributed by atoms with Gasteiger partial charge in [-0.3, -0.25) is 14.4 Å². The molecule has 4 rings (SSSR count). The first kappa shape index (κ1) is 16.4. The Morgan fingerprint density at radius 2 is 1.69 bits per heavy atom. The number of halogens is 1. The molecule has 0 fully saturated rings. The van der Waals surface area contributed by atoms with Crippen LogP contribution in [0.5, 0.6) is 11.5 Å². The van der Waals surface area contributed by atoms with E-state index in [1.54, 1.807) is 0 Å². The number of benzene rings is 2. The Hall–Kier alpha value is -3.02. The number of phenols is 2. The fourth-order valence-corrected chi connectivity index (χ4v) is 3.97. The van der Waals surface area contributed by atoms with Crippen LogP contribution in [-0.2, 0) is 17.6 Å². The second kappa shape index (κ2) is 5.49. The number of ketones is 3. The number of aromatic hydroxyl groups is 2. The van der Waals surface area contributed by atoms with Crippen molar-refractivity contribution in [1.82, 2.24) is 0 Å². The Morgan fingerprint density at radius 3 is 2.38 bits per heavy atom. The normalized spacial score (nSPS) is 18.2. The maximum atomic E-state index is 14.1. The summed E-state index contributed by atoms with van der Waals surface area (Å²) in [5, 5.41) is 21.3. The molecular formula is C20H15FO5. The predicted octanol–water partition coefficient (Wildman–Crippen LogP) is 2.71. The minimum Gasteiger partial charge on any atom is -0.507 e. The van der Waals surface area contributed by atoms with Crippen LogP contribution in [0.3, 0.4) is 0 Å². The first-order valence-corrected chi connectivity index (χ1v) is 8.30. The number of phenolic OH excluding ortho intramolecular Hbond substituents is 2. The van der Waals surface area contributed by atoms with E-state index in [2.05, 4.69) is 0 Å². The summed E-state index contributed by atoms with van der Waals surface area (Å²) in [6.45, 7) is 1.46. The molecule has 6 heteroatoms. The maximum Gasteiger partial charge on any atom is 0.201 e. The molecule has 0 amide bonds. The van der Waals surface area contributed by atoms with Crippen molar-refractivity contribution in [2.45, 2.75) is 26.2 Å². The van der Waals surface area contributed by atoms with Crippen LogP contribution in [0.1, 0.15) is 56.3 Å². The Balaban J connectivity index is 2.00. The highest BCUT2D eigenvalue weighted by Gasteiger charge is 2.40. The fourth-order valence-electron chi connectivity index (χ4n) is 3.97. The Kier molecular flexibility index (Phi) is 3.47. The largest absolute Gasteiger partial charge is 0.507 e. The monoisotopic (exact) mass is 354 g/mol. The molecular weight excluding hydrogens is 339 g/mol. The van der Waals surface area contributed by atoms with E-state index in [9.17, 15) is 29.0 Å². The van der Waals surface area contributed by atoms with E-state index in [0.717, 1.165) is 6.07 Å².